The summed E-state index contributed by atoms with van der Waals surface area (Å²) in [6.07, 6.45) is 8.90. The van der Waals surface area contributed by atoms with Crippen molar-refractivity contribution >= 4 is 38.6 Å². The van der Waals surface area contributed by atoms with Gasteiger partial charge in [0, 0.05) is 58.2 Å². The molecule has 4 heterocycles. The Morgan fingerprint density at radius 3 is 2.56 bits per heavy atom. The molecule has 8 nitrogen and oxygen atoms in total. The number of nitrogens with zero attached hydrogens (tertiary/aromatic N) is 5. The number of likely N-dealkylation sites (tertiary alicyclic amines) is 1. The Bertz CT molecular complexity index is 1420. The van der Waals surface area contributed by atoms with Gasteiger partial charge in [-0.1, -0.05) is 22.0 Å². The summed E-state index contributed by atoms with van der Waals surface area (Å²) in [5.41, 5.74) is 9.20. The highest BCUT2D eigenvalue weighted by Gasteiger charge is 2.28. The van der Waals surface area contributed by atoms with E-state index in [1.165, 1.54) is 0 Å². The van der Waals surface area contributed by atoms with Crippen molar-refractivity contribution in [3.05, 3.63) is 59.6 Å². The van der Waals surface area contributed by atoms with E-state index in [1.807, 2.05) is 68.3 Å². The number of piperidine rings is 1. The van der Waals surface area contributed by atoms with Gasteiger partial charge in [0.25, 0.3) is 0 Å². The number of fused-ring (bicyclic) bond motifs is 1. The molecule has 1 amide bonds. The first kappa shape index (κ1) is 24.2. The van der Waals surface area contributed by atoms with E-state index in [-0.39, 0.29) is 12.1 Å². The van der Waals surface area contributed by atoms with Gasteiger partial charge in [0.05, 0.1) is 17.9 Å². The summed E-state index contributed by atoms with van der Waals surface area (Å²) in [5, 5.41) is 6.76. The van der Waals surface area contributed by atoms with Crippen LogP contribution in [0.4, 0.5) is 10.6 Å². The third-order valence-corrected chi connectivity index (χ3v) is 6.80. The van der Waals surface area contributed by atoms with Gasteiger partial charge >= 0.3 is 6.09 Å². The number of aromatic nitrogens is 4. The predicted octanol–water partition coefficient (Wildman–Crippen LogP) is 6.08. The van der Waals surface area contributed by atoms with Crippen molar-refractivity contribution < 1.29 is 9.53 Å². The summed E-state index contributed by atoms with van der Waals surface area (Å²) < 4.78 is 8.51. The van der Waals surface area contributed by atoms with Crippen LogP contribution in [-0.2, 0) is 4.74 Å². The van der Waals surface area contributed by atoms with E-state index in [1.54, 1.807) is 11.1 Å². The number of hydrogen-bond donors (Lipinski definition) is 1. The molecule has 5 rings (SSSR count). The average molecular weight is 549 g/mol. The molecule has 9 heteroatoms. The molecular formula is C27H29BrN6O2. The molecule has 3 aromatic heterocycles. The van der Waals surface area contributed by atoms with Crippen molar-refractivity contribution in [3.8, 4) is 22.4 Å². The van der Waals surface area contributed by atoms with E-state index in [0.717, 1.165) is 50.5 Å². The number of hydrogen-bond acceptors (Lipinski definition) is 6. The molecule has 0 saturated carbocycles. The standard InChI is InChI=1S/C27H29BrN6O2/c1-27(2,3)36-26(35)33-8-6-22(7-9-33)34-16-20(15-32-34)19-11-23(25(29)31-14-19)24-12-18-10-21(28)5-4-17(18)13-30-24/h4-5,10-16,22H,6-9H2,1-3H3,(H2,29,31). The summed E-state index contributed by atoms with van der Waals surface area (Å²) in [6, 6.07) is 10.4. The number of pyridine rings is 2. The third kappa shape index (κ3) is 5.21. The number of benzene rings is 1. The van der Waals surface area contributed by atoms with E-state index in [0.29, 0.717) is 18.9 Å². The van der Waals surface area contributed by atoms with Crippen LogP contribution >= 0.6 is 15.9 Å². The highest BCUT2D eigenvalue weighted by atomic mass is 79.9. The lowest BCUT2D eigenvalue weighted by atomic mass is 10.0. The van der Waals surface area contributed by atoms with Crippen LogP contribution in [0.5, 0.6) is 0 Å². The number of nitrogens with two attached hydrogens (primary N) is 1. The van der Waals surface area contributed by atoms with Crippen molar-refractivity contribution in [2.24, 2.45) is 0 Å². The van der Waals surface area contributed by atoms with Gasteiger partial charge in [-0.25, -0.2) is 9.78 Å². The van der Waals surface area contributed by atoms with Crippen molar-refractivity contribution in [1.82, 2.24) is 24.6 Å². The minimum Gasteiger partial charge on any atom is -0.444 e. The number of anilines is 1. The van der Waals surface area contributed by atoms with Crippen molar-refractivity contribution in [2.75, 3.05) is 18.8 Å². The lowest BCUT2D eigenvalue weighted by Crippen LogP contribution is -2.42. The number of ether oxygens (including phenoxy) is 1. The monoisotopic (exact) mass is 548 g/mol. The summed E-state index contributed by atoms with van der Waals surface area (Å²) in [6.45, 7) is 6.94. The van der Waals surface area contributed by atoms with Crippen LogP contribution in [0, 0.1) is 0 Å². The molecule has 0 unspecified atom stereocenters. The molecule has 0 aliphatic carbocycles. The summed E-state index contributed by atoms with van der Waals surface area (Å²) in [7, 11) is 0. The van der Waals surface area contributed by atoms with Gasteiger partial charge in [-0.2, -0.15) is 5.10 Å². The van der Waals surface area contributed by atoms with E-state index < -0.39 is 5.60 Å². The number of amides is 1. The third-order valence-electron chi connectivity index (χ3n) is 6.30. The van der Waals surface area contributed by atoms with Crippen LogP contribution in [0.1, 0.15) is 39.7 Å². The molecule has 1 saturated heterocycles. The maximum absolute atomic E-state index is 12.4. The van der Waals surface area contributed by atoms with Crippen LogP contribution in [0.3, 0.4) is 0 Å². The SMILES string of the molecule is CC(C)(C)OC(=O)N1CCC(n2cc(-c3cnc(N)c(-c4cc5cc(Br)ccc5cn4)c3)cn2)CC1. The van der Waals surface area contributed by atoms with Gasteiger partial charge in [-0.3, -0.25) is 9.67 Å². The summed E-state index contributed by atoms with van der Waals surface area (Å²) in [5.74, 6) is 0.433. The fraction of sp³-hybridized carbons (Fsp3) is 0.333. The zero-order valence-electron chi connectivity index (χ0n) is 20.6. The van der Waals surface area contributed by atoms with Gasteiger partial charge < -0.3 is 15.4 Å². The Morgan fingerprint density at radius 1 is 1.03 bits per heavy atom. The van der Waals surface area contributed by atoms with E-state index in [9.17, 15) is 4.79 Å². The molecule has 4 aromatic rings. The van der Waals surface area contributed by atoms with Gasteiger partial charge in [0.15, 0.2) is 0 Å². The number of rotatable bonds is 3. The second-order valence-corrected chi connectivity index (χ2v) is 11.0. The predicted molar refractivity (Wildman–Crippen MR) is 144 cm³/mol. The minimum absolute atomic E-state index is 0.222. The molecule has 1 fully saturated rings. The smallest absolute Gasteiger partial charge is 0.410 e. The highest BCUT2D eigenvalue weighted by molar-refractivity contribution is 9.10. The van der Waals surface area contributed by atoms with Crippen LogP contribution in [0.15, 0.2) is 59.6 Å². The Hall–Kier alpha value is -3.46. The Balaban J connectivity index is 1.33. The number of nitrogen functional groups attached to an aromatic ring is 1. The second kappa shape index (κ2) is 9.54. The van der Waals surface area contributed by atoms with Gasteiger partial charge in [0.2, 0.25) is 0 Å². The molecular weight excluding hydrogens is 520 g/mol. The Kier molecular flexibility index (Phi) is 6.42. The number of carbonyl (C=O) groups is 1. The van der Waals surface area contributed by atoms with E-state index >= 15 is 0 Å². The number of carbonyl (C=O) groups excluding carboxylic acids is 1. The van der Waals surface area contributed by atoms with Crippen LogP contribution in [0.2, 0.25) is 0 Å². The molecule has 1 aromatic carbocycles. The molecule has 1 aliphatic rings. The maximum atomic E-state index is 12.4. The van der Waals surface area contributed by atoms with E-state index in [2.05, 4.69) is 37.1 Å². The van der Waals surface area contributed by atoms with Crippen molar-refractivity contribution in [3.63, 3.8) is 0 Å². The first-order valence-electron chi connectivity index (χ1n) is 12.0. The van der Waals surface area contributed by atoms with Crippen molar-refractivity contribution in [1.29, 1.82) is 0 Å². The highest BCUT2D eigenvalue weighted by Crippen LogP contribution is 2.32. The molecule has 186 valence electrons. The quantitative estimate of drug-likeness (QED) is 0.333. The molecule has 2 N–H and O–H groups in total. The zero-order chi connectivity index (χ0) is 25.4. The van der Waals surface area contributed by atoms with Crippen LogP contribution in [-0.4, -0.2) is 49.4 Å². The Labute approximate surface area is 218 Å². The largest absolute Gasteiger partial charge is 0.444 e. The van der Waals surface area contributed by atoms with E-state index in [4.69, 9.17) is 10.5 Å². The minimum atomic E-state index is -0.490. The summed E-state index contributed by atoms with van der Waals surface area (Å²) in [4.78, 5) is 23.2. The van der Waals surface area contributed by atoms with Gasteiger partial charge in [-0.05, 0) is 63.3 Å². The zero-order valence-corrected chi connectivity index (χ0v) is 22.2. The van der Waals surface area contributed by atoms with Gasteiger partial charge in [-0.15, -0.1) is 0 Å². The molecule has 0 radical (unpaired) electrons. The first-order chi connectivity index (χ1) is 17.2. The molecule has 1 aliphatic heterocycles. The second-order valence-electron chi connectivity index (χ2n) is 10.1. The Morgan fingerprint density at radius 2 is 1.81 bits per heavy atom. The summed E-state index contributed by atoms with van der Waals surface area (Å²) >= 11 is 3.53. The molecule has 0 bridgehead atoms. The lowest BCUT2D eigenvalue weighted by Gasteiger charge is -2.33. The van der Waals surface area contributed by atoms with Crippen molar-refractivity contribution in [2.45, 2.75) is 45.3 Å². The average Bonchev–Trinajstić information content (AvgIpc) is 3.33. The molecule has 0 spiro atoms. The molecule has 0 atom stereocenters. The normalized spacial score (nSPS) is 14.8. The first-order valence-corrected chi connectivity index (χ1v) is 12.8. The maximum Gasteiger partial charge on any atom is 0.410 e. The molecule has 36 heavy (non-hydrogen) atoms. The van der Waals surface area contributed by atoms with Crippen LogP contribution in [0.25, 0.3) is 33.2 Å². The fourth-order valence-corrected chi connectivity index (χ4v) is 4.80. The fourth-order valence-electron chi connectivity index (χ4n) is 4.42. The number of halogens is 1. The van der Waals surface area contributed by atoms with Gasteiger partial charge in [0.1, 0.15) is 11.4 Å². The topological polar surface area (TPSA) is 99.2 Å². The van der Waals surface area contributed by atoms with Crippen LogP contribution < -0.4 is 5.73 Å². The lowest BCUT2D eigenvalue weighted by molar-refractivity contribution is 0.0185.